The number of amides is 2. The van der Waals surface area contributed by atoms with E-state index in [0.29, 0.717) is 38.0 Å². The number of aliphatic carboxylic acids is 2. The number of carbonyl (C=O) groups is 4. The minimum Gasteiger partial charge on any atom is -0.481 e. The highest BCUT2D eigenvalue weighted by Gasteiger charge is 2.34. The van der Waals surface area contributed by atoms with Crippen LogP contribution in [0.5, 0.6) is 0 Å². The van der Waals surface area contributed by atoms with Crippen molar-refractivity contribution in [2.45, 2.75) is 31.7 Å². The maximum atomic E-state index is 13.3. The smallest absolute Gasteiger partial charge is 0.328 e. The molecular weight excluding hydrogens is 571 g/mol. The fourth-order valence-electron chi connectivity index (χ4n) is 4.35. The standard InChI is InChI=1S/C26H35N6O9P/c33-22(34)8-4-5-11-31-12-14-32(15-13-31)26(38)20(17-42(39,40)41)29-25(37)19-16-21(27-10-9-23(35)36)30-24(28-19)18-6-2-1-3-7-18/h1-3,6-7,16,20H,4-5,8-15,17H2,(H,29,37)(H,33,34)(H,35,36)(H,27,28,30)(H2,39,40,41)/t20-/m0/s1. The topological polar surface area (TPSA) is 223 Å². The van der Waals surface area contributed by atoms with Crippen LogP contribution in [-0.2, 0) is 18.9 Å². The quantitative estimate of drug-likeness (QED) is 0.122. The van der Waals surface area contributed by atoms with Crippen molar-refractivity contribution >= 4 is 37.2 Å². The van der Waals surface area contributed by atoms with E-state index in [-0.39, 0.29) is 49.8 Å². The van der Waals surface area contributed by atoms with Crippen molar-refractivity contribution in [2.24, 2.45) is 0 Å². The van der Waals surface area contributed by atoms with E-state index in [4.69, 9.17) is 10.2 Å². The van der Waals surface area contributed by atoms with Crippen LogP contribution in [0, 0.1) is 0 Å². The number of hydrogen-bond acceptors (Lipinski definition) is 9. The molecule has 16 heteroatoms. The van der Waals surface area contributed by atoms with Gasteiger partial charge in [0.05, 0.1) is 12.6 Å². The Bertz CT molecular complexity index is 1300. The number of benzene rings is 1. The number of carbonyl (C=O) groups excluding carboxylic acids is 2. The Balaban J connectivity index is 1.74. The number of carboxylic acids is 2. The van der Waals surface area contributed by atoms with Crippen LogP contribution in [0.4, 0.5) is 5.82 Å². The Morgan fingerprint density at radius 3 is 2.21 bits per heavy atom. The van der Waals surface area contributed by atoms with Gasteiger partial charge in [-0.25, -0.2) is 9.97 Å². The summed E-state index contributed by atoms with van der Waals surface area (Å²) in [6.07, 6.45) is 0.195. The van der Waals surface area contributed by atoms with Gasteiger partial charge in [0.25, 0.3) is 5.91 Å². The van der Waals surface area contributed by atoms with Gasteiger partial charge in [-0.2, -0.15) is 0 Å². The fourth-order valence-corrected chi connectivity index (χ4v) is 5.07. The molecule has 0 saturated carbocycles. The Hall–Kier alpha value is -3.91. The molecule has 1 aromatic carbocycles. The van der Waals surface area contributed by atoms with Crippen molar-refractivity contribution in [3.05, 3.63) is 42.1 Å². The Morgan fingerprint density at radius 2 is 1.60 bits per heavy atom. The van der Waals surface area contributed by atoms with Crippen LogP contribution >= 0.6 is 7.60 Å². The second kappa shape index (κ2) is 15.4. The predicted octanol–water partition coefficient (Wildman–Crippen LogP) is 0.705. The number of carboxylic acid groups (broad SMARTS) is 2. The van der Waals surface area contributed by atoms with Crippen molar-refractivity contribution < 1.29 is 43.7 Å². The van der Waals surface area contributed by atoms with Crippen molar-refractivity contribution in [2.75, 3.05) is 50.7 Å². The molecule has 228 valence electrons. The molecule has 15 nitrogen and oxygen atoms in total. The summed E-state index contributed by atoms with van der Waals surface area (Å²) in [7, 11) is -4.73. The predicted molar refractivity (Wildman–Crippen MR) is 151 cm³/mol. The van der Waals surface area contributed by atoms with Gasteiger partial charge in [-0.1, -0.05) is 30.3 Å². The summed E-state index contributed by atoms with van der Waals surface area (Å²) in [5, 5.41) is 23.0. The number of unbranched alkanes of at least 4 members (excludes halogenated alkanes) is 1. The molecule has 1 aromatic heterocycles. The molecule has 0 spiro atoms. The van der Waals surface area contributed by atoms with Crippen LogP contribution in [0.1, 0.15) is 36.2 Å². The zero-order valence-corrected chi connectivity index (χ0v) is 23.8. The number of anilines is 1. The minimum atomic E-state index is -4.73. The van der Waals surface area contributed by atoms with E-state index >= 15 is 0 Å². The molecule has 1 aliphatic rings. The van der Waals surface area contributed by atoms with Gasteiger partial charge in [0.2, 0.25) is 5.91 Å². The van der Waals surface area contributed by atoms with E-state index in [2.05, 4.69) is 25.5 Å². The summed E-state index contributed by atoms with van der Waals surface area (Å²) < 4.78 is 11.9. The van der Waals surface area contributed by atoms with Crippen LogP contribution in [0.15, 0.2) is 36.4 Å². The van der Waals surface area contributed by atoms with E-state index in [1.807, 2.05) is 0 Å². The Labute approximate surface area is 242 Å². The second-order valence-corrected chi connectivity index (χ2v) is 11.5. The average molecular weight is 607 g/mol. The zero-order valence-electron chi connectivity index (χ0n) is 22.9. The number of piperazine rings is 1. The third-order valence-electron chi connectivity index (χ3n) is 6.46. The first-order valence-corrected chi connectivity index (χ1v) is 15.2. The number of nitrogens with one attached hydrogen (secondary N) is 2. The van der Waals surface area contributed by atoms with Crippen LogP contribution in [0.2, 0.25) is 0 Å². The van der Waals surface area contributed by atoms with Gasteiger partial charge in [-0.05, 0) is 19.4 Å². The molecule has 42 heavy (non-hydrogen) atoms. The van der Waals surface area contributed by atoms with Gasteiger partial charge in [0.1, 0.15) is 17.6 Å². The molecule has 1 fully saturated rings. The van der Waals surface area contributed by atoms with E-state index in [1.165, 1.54) is 11.0 Å². The zero-order chi connectivity index (χ0) is 30.7. The average Bonchev–Trinajstić information content (AvgIpc) is 2.94. The number of hydrogen-bond donors (Lipinski definition) is 6. The summed E-state index contributed by atoms with van der Waals surface area (Å²) >= 11 is 0. The fraction of sp³-hybridized carbons (Fsp3) is 0.462. The summed E-state index contributed by atoms with van der Waals surface area (Å²) in [6, 6.07) is 8.43. The lowest BCUT2D eigenvalue weighted by Gasteiger charge is -2.36. The lowest BCUT2D eigenvalue weighted by molar-refractivity contribution is -0.138. The molecule has 1 atom stereocenters. The maximum Gasteiger partial charge on any atom is 0.328 e. The largest absolute Gasteiger partial charge is 0.481 e. The summed E-state index contributed by atoms with van der Waals surface area (Å²) in [6.45, 7) is 2.22. The van der Waals surface area contributed by atoms with Crippen molar-refractivity contribution in [3.8, 4) is 11.4 Å². The van der Waals surface area contributed by atoms with Gasteiger partial charge in [-0.15, -0.1) is 0 Å². The Morgan fingerprint density at radius 1 is 0.929 bits per heavy atom. The van der Waals surface area contributed by atoms with Crippen molar-refractivity contribution in [1.82, 2.24) is 25.1 Å². The summed E-state index contributed by atoms with van der Waals surface area (Å²) in [4.78, 5) is 79.7. The number of nitrogens with zero attached hydrogens (tertiary/aromatic N) is 4. The first-order valence-electron chi connectivity index (χ1n) is 13.4. The van der Waals surface area contributed by atoms with E-state index < -0.39 is 43.6 Å². The molecule has 3 rings (SSSR count). The van der Waals surface area contributed by atoms with Gasteiger partial charge in [0.15, 0.2) is 5.82 Å². The maximum absolute atomic E-state index is 13.3. The molecule has 0 radical (unpaired) electrons. The van der Waals surface area contributed by atoms with Crippen LogP contribution < -0.4 is 10.6 Å². The van der Waals surface area contributed by atoms with Crippen LogP contribution in [0.25, 0.3) is 11.4 Å². The molecular formula is C26H35N6O9P. The first kappa shape index (κ1) is 32.6. The molecule has 0 aliphatic carbocycles. The van der Waals surface area contributed by atoms with Crippen molar-refractivity contribution in [3.63, 3.8) is 0 Å². The number of aromatic nitrogens is 2. The molecule has 6 N–H and O–H groups in total. The molecule has 0 bridgehead atoms. The molecule has 0 unspecified atom stereocenters. The van der Waals surface area contributed by atoms with E-state index in [0.717, 1.165) is 0 Å². The second-order valence-electron chi connectivity index (χ2n) is 9.79. The summed E-state index contributed by atoms with van der Waals surface area (Å²) in [5.41, 5.74) is 0.383. The van der Waals surface area contributed by atoms with Gasteiger partial charge in [-0.3, -0.25) is 28.6 Å². The summed E-state index contributed by atoms with van der Waals surface area (Å²) in [5.74, 6) is -3.08. The highest BCUT2D eigenvalue weighted by atomic mass is 31.2. The molecule has 2 heterocycles. The van der Waals surface area contributed by atoms with Crippen LogP contribution in [-0.4, -0.2) is 115 Å². The van der Waals surface area contributed by atoms with Crippen molar-refractivity contribution in [1.29, 1.82) is 0 Å². The Kier molecular flexibility index (Phi) is 11.9. The van der Waals surface area contributed by atoms with Gasteiger partial charge >= 0.3 is 19.5 Å². The lowest BCUT2D eigenvalue weighted by atomic mass is 10.2. The highest BCUT2D eigenvalue weighted by Crippen LogP contribution is 2.35. The minimum absolute atomic E-state index is 0.0203. The third-order valence-corrected chi connectivity index (χ3v) is 7.30. The normalized spacial score (nSPS) is 14.7. The molecule has 2 aromatic rings. The van der Waals surface area contributed by atoms with Crippen LogP contribution in [0.3, 0.4) is 0 Å². The third kappa shape index (κ3) is 10.8. The SMILES string of the molecule is O=C(O)CCCCN1CCN(C(=O)[C@H](CP(=O)(O)O)NC(=O)c2cc(NCCC(=O)O)nc(-c3ccccc3)n2)CC1. The number of rotatable bonds is 15. The molecule has 2 amide bonds. The highest BCUT2D eigenvalue weighted by molar-refractivity contribution is 7.51. The monoisotopic (exact) mass is 606 g/mol. The molecule has 1 saturated heterocycles. The van der Waals surface area contributed by atoms with Gasteiger partial charge < -0.3 is 35.5 Å². The first-order chi connectivity index (χ1) is 19.9. The lowest BCUT2D eigenvalue weighted by Crippen LogP contribution is -2.56. The molecule has 1 aliphatic heterocycles. The van der Waals surface area contributed by atoms with E-state index in [1.54, 1.807) is 30.3 Å². The van der Waals surface area contributed by atoms with Gasteiger partial charge in [0, 0.05) is 50.8 Å². The van der Waals surface area contributed by atoms with E-state index in [9.17, 15) is 33.5 Å².